The molecule has 188 valence electrons. The van der Waals surface area contributed by atoms with Crippen LogP contribution < -0.4 is 9.47 Å². The Bertz CT molecular complexity index is 1160. The molecule has 0 N–H and O–H groups in total. The number of aromatic nitrogens is 3. The molecule has 35 heavy (non-hydrogen) atoms. The van der Waals surface area contributed by atoms with E-state index in [2.05, 4.69) is 31.2 Å². The number of hydrogen-bond donors (Lipinski definition) is 0. The fourth-order valence-corrected chi connectivity index (χ4v) is 5.15. The minimum absolute atomic E-state index is 0.0207. The van der Waals surface area contributed by atoms with Crippen molar-refractivity contribution >= 4 is 58.7 Å². The van der Waals surface area contributed by atoms with Crippen molar-refractivity contribution < 1.29 is 19.0 Å². The van der Waals surface area contributed by atoms with Crippen LogP contribution in [0, 0.1) is 5.92 Å². The van der Waals surface area contributed by atoms with Crippen LogP contribution in [-0.4, -0.2) is 57.5 Å². The highest BCUT2D eigenvalue weighted by Crippen LogP contribution is 2.33. The average molecular weight is 631 g/mol. The molecule has 11 heteroatoms. The maximum Gasteiger partial charge on any atom is 0.242 e. The van der Waals surface area contributed by atoms with Crippen molar-refractivity contribution in [3.63, 3.8) is 0 Å². The molecule has 0 radical (unpaired) electrons. The van der Waals surface area contributed by atoms with Crippen LogP contribution in [-0.2, 0) is 16.3 Å². The molecular weight excluding hydrogens is 603 g/mol. The summed E-state index contributed by atoms with van der Waals surface area (Å²) in [5.74, 6) is 2.23. The number of pyridine rings is 1. The van der Waals surface area contributed by atoms with Crippen LogP contribution in [0.5, 0.6) is 11.6 Å². The zero-order valence-corrected chi connectivity index (χ0v) is 23.5. The van der Waals surface area contributed by atoms with Crippen LogP contribution in [0.15, 0.2) is 36.7 Å². The molecule has 0 spiro atoms. The SMILES string of the molecule is COc1ccc([C@@H](C)N2CC(C(C)Oc3nc(Cl)cc4ncn(COCCSI)c34)CC2=O)cc1. The van der Waals surface area contributed by atoms with Gasteiger partial charge in [-0.1, -0.05) is 32.7 Å². The standard InChI is InChI=1S/C24H28ClIN4O4S/c1-15(17-4-6-19(32-3)7-5-17)30-12-18(10-22(30)31)16(2)34-24-23-20(11-21(25)28-24)27-13-29(23)14-33-8-9-35-26/h4-7,11,13,15-16,18H,8-10,12,14H2,1-3H3/t15-,16?,18?/m1/s1. The van der Waals surface area contributed by atoms with Crippen LogP contribution in [0.2, 0.25) is 5.15 Å². The van der Waals surface area contributed by atoms with Gasteiger partial charge in [0.15, 0.2) is 0 Å². The van der Waals surface area contributed by atoms with E-state index < -0.39 is 0 Å². The Hall–Kier alpha value is -1.76. The lowest BCUT2D eigenvalue weighted by molar-refractivity contribution is -0.129. The van der Waals surface area contributed by atoms with Gasteiger partial charge < -0.3 is 23.7 Å². The largest absolute Gasteiger partial charge is 0.497 e. The molecule has 1 amide bonds. The number of hydrogen-bond acceptors (Lipinski definition) is 7. The molecular formula is C24H28ClIN4O4S. The summed E-state index contributed by atoms with van der Waals surface area (Å²) in [7, 11) is 3.34. The number of amides is 1. The predicted octanol–water partition coefficient (Wildman–Crippen LogP) is 5.53. The first-order valence-electron chi connectivity index (χ1n) is 11.3. The third-order valence-corrected chi connectivity index (χ3v) is 8.12. The molecule has 1 aliphatic rings. The summed E-state index contributed by atoms with van der Waals surface area (Å²) in [5, 5.41) is 0.310. The van der Waals surface area contributed by atoms with E-state index in [-0.39, 0.29) is 24.0 Å². The Morgan fingerprint density at radius 1 is 1.29 bits per heavy atom. The maximum absolute atomic E-state index is 12.9. The van der Waals surface area contributed by atoms with Gasteiger partial charge >= 0.3 is 0 Å². The Kier molecular flexibility index (Phi) is 9.01. The van der Waals surface area contributed by atoms with E-state index in [1.807, 2.05) is 47.6 Å². The molecule has 1 aliphatic heterocycles. The van der Waals surface area contributed by atoms with Gasteiger partial charge in [-0.15, -0.1) is 0 Å². The summed E-state index contributed by atoms with van der Waals surface area (Å²) in [6, 6.07) is 9.50. The molecule has 0 aliphatic carbocycles. The van der Waals surface area contributed by atoms with Crippen molar-refractivity contribution in [2.45, 2.75) is 39.1 Å². The van der Waals surface area contributed by atoms with Gasteiger partial charge in [-0.25, -0.2) is 4.98 Å². The van der Waals surface area contributed by atoms with E-state index >= 15 is 0 Å². The van der Waals surface area contributed by atoms with Gasteiger partial charge in [0.1, 0.15) is 29.3 Å². The van der Waals surface area contributed by atoms with Gasteiger partial charge in [-0.3, -0.25) is 4.79 Å². The number of ether oxygens (including phenoxy) is 3. The van der Waals surface area contributed by atoms with Gasteiger partial charge in [0, 0.05) is 30.7 Å². The average Bonchev–Trinajstić information content (AvgIpc) is 3.45. The molecule has 1 fully saturated rings. The Morgan fingerprint density at radius 3 is 2.77 bits per heavy atom. The highest BCUT2D eigenvalue weighted by molar-refractivity contribution is 14.2. The second-order valence-corrected chi connectivity index (χ2v) is 11.3. The fraction of sp³-hybridized carbons (Fsp3) is 0.458. The van der Waals surface area contributed by atoms with Gasteiger partial charge in [-0.2, -0.15) is 4.98 Å². The molecule has 2 aromatic heterocycles. The normalized spacial score (nSPS) is 17.7. The lowest BCUT2D eigenvalue weighted by Gasteiger charge is -2.26. The number of carbonyl (C=O) groups excluding carboxylic acids is 1. The van der Waals surface area contributed by atoms with Crippen molar-refractivity contribution in [1.29, 1.82) is 0 Å². The van der Waals surface area contributed by atoms with Gasteiger partial charge in [0.25, 0.3) is 0 Å². The molecule has 1 aromatic carbocycles. The zero-order chi connectivity index (χ0) is 24.9. The summed E-state index contributed by atoms with van der Waals surface area (Å²) >= 11 is 8.50. The minimum atomic E-state index is -0.249. The fourth-order valence-electron chi connectivity index (χ4n) is 4.25. The highest BCUT2D eigenvalue weighted by atomic mass is 127. The van der Waals surface area contributed by atoms with Crippen LogP contribution in [0.4, 0.5) is 0 Å². The number of carbonyl (C=O) groups is 1. The maximum atomic E-state index is 12.9. The van der Waals surface area contributed by atoms with E-state index in [1.165, 1.54) is 0 Å². The van der Waals surface area contributed by atoms with E-state index in [0.29, 0.717) is 42.9 Å². The summed E-state index contributed by atoms with van der Waals surface area (Å²) in [5.41, 5.74) is 2.49. The van der Waals surface area contributed by atoms with Crippen LogP contribution in [0.25, 0.3) is 11.0 Å². The first kappa shape index (κ1) is 26.3. The van der Waals surface area contributed by atoms with Crippen LogP contribution in [0.1, 0.15) is 31.9 Å². The van der Waals surface area contributed by atoms with Gasteiger partial charge in [0.05, 0.1) is 31.6 Å². The summed E-state index contributed by atoms with van der Waals surface area (Å²) in [4.78, 5) is 23.7. The first-order chi connectivity index (χ1) is 16.9. The Morgan fingerprint density at radius 2 is 2.06 bits per heavy atom. The minimum Gasteiger partial charge on any atom is -0.497 e. The van der Waals surface area contributed by atoms with Crippen molar-refractivity contribution in [2.75, 3.05) is 26.0 Å². The third-order valence-electron chi connectivity index (χ3n) is 6.28. The Balaban J connectivity index is 1.47. The molecule has 3 aromatic rings. The molecule has 4 rings (SSSR count). The second kappa shape index (κ2) is 12.0. The topological polar surface area (TPSA) is 78.7 Å². The van der Waals surface area contributed by atoms with Crippen LogP contribution >= 0.6 is 41.7 Å². The molecule has 1 saturated heterocycles. The molecule has 3 heterocycles. The molecule has 3 atom stereocenters. The number of rotatable bonds is 11. The summed E-state index contributed by atoms with van der Waals surface area (Å²) in [6.45, 7) is 5.60. The van der Waals surface area contributed by atoms with Crippen molar-refractivity contribution in [3.05, 3.63) is 47.4 Å². The quantitative estimate of drug-likeness (QED) is 0.157. The van der Waals surface area contributed by atoms with E-state index in [4.69, 9.17) is 25.8 Å². The second-order valence-electron chi connectivity index (χ2n) is 8.47. The summed E-state index contributed by atoms with van der Waals surface area (Å²) < 4.78 is 19.2. The number of fused-ring (bicyclic) bond motifs is 1. The monoisotopic (exact) mass is 630 g/mol. The van der Waals surface area contributed by atoms with Crippen molar-refractivity contribution in [1.82, 2.24) is 19.4 Å². The molecule has 0 saturated carbocycles. The number of benzene rings is 1. The van der Waals surface area contributed by atoms with E-state index in [1.54, 1.807) is 28.4 Å². The first-order valence-corrected chi connectivity index (χ1v) is 15.2. The van der Waals surface area contributed by atoms with E-state index in [9.17, 15) is 4.79 Å². The van der Waals surface area contributed by atoms with Gasteiger partial charge in [-0.05, 0) is 52.7 Å². The summed E-state index contributed by atoms with van der Waals surface area (Å²) in [6.07, 6.45) is 1.87. The molecule has 8 nitrogen and oxygen atoms in total. The smallest absolute Gasteiger partial charge is 0.242 e. The highest BCUT2D eigenvalue weighted by Gasteiger charge is 2.37. The third kappa shape index (κ3) is 6.15. The number of nitrogens with zero attached hydrogens (tertiary/aromatic N) is 4. The van der Waals surface area contributed by atoms with Crippen LogP contribution in [0.3, 0.4) is 0 Å². The Labute approximate surface area is 226 Å². The lowest BCUT2D eigenvalue weighted by atomic mass is 10.0. The van der Waals surface area contributed by atoms with Crippen molar-refractivity contribution in [3.8, 4) is 11.6 Å². The van der Waals surface area contributed by atoms with Gasteiger partial charge in [0.2, 0.25) is 11.8 Å². The van der Waals surface area contributed by atoms with E-state index in [0.717, 1.165) is 22.6 Å². The lowest BCUT2D eigenvalue weighted by Crippen LogP contribution is -2.31. The van der Waals surface area contributed by atoms with Crippen molar-refractivity contribution in [2.24, 2.45) is 5.92 Å². The number of halogens is 2. The number of imidazole rings is 1. The molecule has 2 unspecified atom stereocenters. The predicted molar refractivity (Wildman–Crippen MR) is 146 cm³/mol. The zero-order valence-electron chi connectivity index (χ0n) is 19.8. The molecule has 0 bridgehead atoms. The number of methoxy groups -OCH3 is 1. The number of likely N-dealkylation sites (tertiary alicyclic amines) is 1.